The lowest BCUT2D eigenvalue weighted by Crippen LogP contribution is -2.19. The smallest absolute Gasteiger partial charge is 0.335 e. The van der Waals surface area contributed by atoms with Gasteiger partial charge in [-0.05, 0) is 49.6 Å². The molecule has 2 aliphatic heterocycles. The third-order valence-corrected chi connectivity index (χ3v) is 6.68. The van der Waals surface area contributed by atoms with Crippen molar-refractivity contribution in [3.8, 4) is 22.9 Å². The van der Waals surface area contributed by atoms with E-state index in [1.807, 2.05) is 36.1 Å². The zero-order valence-corrected chi connectivity index (χ0v) is 20.5. The van der Waals surface area contributed by atoms with Gasteiger partial charge in [-0.2, -0.15) is 10.2 Å². The number of aromatic nitrogens is 5. The second-order valence-electron chi connectivity index (χ2n) is 9.17. The monoisotopic (exact) mass is 501 g/mol. The highest BCUT2D eigenvalue weighted by Crippen LogP contribution is 2.34. The van der Waals surface area contributed by atoms with Crippen LogP contribution >= 0.6 is 0 Å². The Bertz CT molecular complexity index is 1500. The molecule has 0 amide bonds. The maximum Gasteiger partial charge on any atom is 0.335 e. The maximum absolute atomic E-state index is 11.6. The van der Waals surface area contributed by atoms with Crippen LogP contribution in [0.5, 0.6) is 11.6 Å². The number of hydrogen-bond acceptors (Lipinski definition) is 7. The predicted octanol–water partition coefficient (Wildman–Crippen LogP) is 4.56. The lowest BCUT2D eigenvalue weighted by atomic mass is 10.1. The van der Waals surface area contributed by atoms with Crippen LogP contribution in [0.1, 0.15) is 53.5 Å². The molecule has 2 bridgehead atoms. The largest absolute Gasteiger partial charge is 0.493 e. The SMILES string of the molecule is Cn1ncc2c1OCCCOc1cc(C(=O)O)ccc1/C=C/c1nn(C3CCCCO3)c3cnc-2cc13. The second kappa shape index (κ2) is 9.70. The minimum atomic E-state index is -1.00. The summed E-state index contributed by atoms with van der Waals surface area (Å²) in [5.41, 5.74) is 4.10. The van der Waals surface area contributed by atoms with Crippen LogP contribution in [0.2, 0.25) is 0 Å². The molecule has 1 unspecified atom stereocenters. The standard InChI is InChI=1S/C27H27N5O5/c1-31-26-20(15-29-31)22-14-19-21(30-32(23(19)16-28-22)25-5-2-3-10-36-25)9-8-17-6-7-18(27(33)34)13-24(17)35-11-4-12-37-26/h6-9,13-16,25H,2-5,10-12H2,1H3,(H,33,34)/b9-8+. The number of benzene rings is 1. The Morgan fingerprint density at radius 2 is 1.95 bits per heavy atom. The minimum Gasteiger partial charge on any atom is -0.493 e. The highest BCUT2D eigenvalue weighted by molar-refractivity contribution is 5.93. The molecular weight excluding hydrogens is 474 g/mol. The molecule has 1 fully saturated rings. The number of carboxylic acid groups (broad SMARTS) is 1. The maximum atomic E-state index is 11.6. The van der Waals surface area contributed by atoms with Crippen molar-refractivity contribution >= 4 is 29.0 Å². The van der Waals surface area contributed by atoms with Crippen molar-refractivity contribution in [2.45, 2.75) is 31.9 Å². The summed E-state index contributed by atoms with van der Waals surface area (Å²) in [5.74, 6) is 0.111. The fourth-order valence-corrected chi connectivity index (χ4v) is 4.75. The Hall–Kier alpha value is -4.18. The molecule has 1 aromatic carbocycles. The van der Waals surface area contributed by atoms with Crippen molar-refractivity contribution in [2.24, 2.45) is 7.05 Å². The van der Waals surface area contributed by atoms with Crippen LogP contribution in [0.15, 0.2) is 36.7 Å². The van der Waals surface area contributed by atoms with Crippen LogP contribution in [-0.4, -0.2) is 55.4 Å². The number of hydrogen-bond donors (Lipinski definition) is 1. The number of aromatic carboxylic acids is 1. The lowest BCUT2D eigenvalue weighted by molar-refractivity contribution is -0.0367. The van der Waals surface area contributed by atoms with E-state index in [1.165, 1.54) is 0 Å². The molecule has 5 heterocycles. The molecule has 6 rings (SSSR count). The van der Waals surface area contributed by atoms with E-state index in [0.29, 0.717) is 37.9 Å². The van der Waals surface area contributed by atoms with E-state index in [-0.39, 0.29) is 11.8 Å². The number of fused-ring (bicyclic) bond motifs is 4. The Balaban J connectivity index is 1.51. The summed E-state index contributed by atoms with van der Waals surface area (Å²) in [6.45, 7) is 1.47. The van der Waals surface area contributed by atoms with Gasteiger partial charge in [0.25, 0.3) is 0 Å². The highest BCUT2D eigenvalue weighted by atomic mass is 16.5. The van der Waals surface area contributed by atoms with Gasteiger partial charge in [0.2, 0.25) is 5.88 Å². The third kappa shape index (κ3) is 4.44. The van der Waals surface area contributed by atoms with Crippen LogP contribution in [0.25, 0.3) is 34.3 Å². The van der Waals surface area contributed by atoms with Crippen molar-refractivity contribution in [1.82, 2.24) is 24.5 Å². The van der Waals surface area contributed by atoms with E-state index in [9.17, 15) is 9.90 Å². The quantitative estimate of drug-likeness (QED) is 0.425. The van der Waals surface area contributed by atoms with Gasteiger partial charge in [-0.25, -0.2) is 14.2 Å². The van der Waals surface area contributed by atoms with Crippen LogP contribution in [-0.2, 0) is 11.8 Å². The van der Waals surface area contributed by atoms with Crippen molar-refractivity contribution in [2.75, 3.05) is 19.8 Å². The number of ether oxygens (including phenoxy) is 3. The average molecular weight is 502 g/mol. The van der Waals surface area contributed by atoms with E-state index in [0.717, 1.165) is 52.7 Å². The Labute approximate surface area is 213 Å². The zero-order valence-electron chi connectivity index (χ0n) is 20.5. The number of carbonyl (C=O) groups is 1. The van der Waals surface area contributed by atoms with Gasteiger partial charge >= 0.3 is 5.97 Å². The molecule has 4 aromatic rings. The van der Waals surface area contributed by atoms with E-state index in [2.05, 4.69) is 5.10 Å². The molecule has 2 aliphatic rings. The average Bonchev–Trinajstić information content (AvgIpc) is 3.47. The topological polar surface area (TPSA) is 114 Å². The molecule has 10 heteroatoms. The number of carboxylic acids is 1. The first-order chi connectivity index (χ1) is 18.1. The summed E-state index contributed by atoms with van der Waals surface area (Å²) in [6.07, 6.45) is 10.9. The minimum absolute atomic E-state index is 0.150. The summed E-state index contributed by atoms with van der Waals surface area (Å²) in [4.78, 5) is 16.3. The van der Waals surface area contributed by atoms with Crippen molar-refractivity contribution in [1.29, 1.82) is 0 Å². The molecule has 0 saturated carbocycles. The molecule has 3 aromatic heterocycles. The molecule has 190 valence electrons. The number of pyridine rings is 1. The van der Waals surface area contributed by atoms with Gasteiger partial charge < -0.3 is 19.3 Å². The summed E-state index contributed by atoms with van der Waals surface area (Å²) in [7, 11) is 1.83. The van der Waals surface area contributed by atoms with Gasteiger partial charge in [-0.15, -0.1) is 0 Å². The van der Waals surface area contributed by atoms with E-state index >= 15 is 0 Å². The fraction of sp³-hybridized carbons (Fsp3) is 0.333. The first kappa shape index (κ1) is 23.2. The first-order valence-electron chi connectivity index (χ1n) is 12.4. The lowest BCUT2D eigenvalue weighted by Gasteiger charge is -2.23. The molecule has 1 atom stereocenters. The van der Waals surface area contributed by atoms with Gasteiger partial charge in [0.1, 0.15) is 5.75 Å². The van der Waals surface area contributed by atoms with Crippen molar-refractivity contribution in [3.05, 3.63) is 53.5 Å². The fourth-order valence-electron chi connectivity index (χ4n) is 4.75. The molecular formula is C27H27N5O5. The summed E-state index contributed by atoms with van der Waals surface area (Å²) in [6, 6.07) is 6.89. The second-order valence-corrected chi connectivity index (χ2v) is 9.17. The molecule has 1 N–H and O–H groups in total. The molecule has 37 heavy (non-hydrogen) atoms. The molecule has 0 aliphatic carbocycles. The Morgan fingerprint density at radius 3 is 2.78 bits per heavy atom. The molecule has 0 spiro atoms. The van der Waals surface area contributed by atoms with Gasteiger partial charge in [-0.3, -0.25) is 4.98 Å². The zero-order chi connectivity index (χ0) is 25.4. The van der Waals surface area contributed by atoms with Crippen LogP contribution in [0.3, 0.4) is 0 Å². The number of nitrogens with zero attached hydrogens (tertiary/aromatic N) is 5. The van der Waals surface area contributed by atoms with Crippen LogP contribution in [0, 0.1) is 0 Å². The Kier molecular flexibility index (Phi) is 6.09. The molecule has 10 nitrogen and oxygen atoms in total. The number of aryl methyl sites for hydroxylation is 1. The van der Waals surface area contributed by atoms with Crippen LogP contribution < -0.4 is 9.47 Å². The Morgan fingerprint density at radius 1 is 1.05 bits per heavy atom. The predicted molar refractivity (Wildman–Crippen MR) is 137 cm³/mol. The van der Waals surface area contributed by atoms with Gasteiger partial charge in [0.15, 0.2) is 6.23 Å². The normalized spacial score (nSPS) is 18.7. The number of rotatable bonds is 2. The van der Waals surface area contributed by atoms with E-state index in [4.69, 9.17) is 24.3 Å². The summed E-state index contributed by atoms with van der Waals surface area (Å²) in [5, 5.41) is 19.7. The summed E-state index contributed by atoms with van der Waals surface area (Å²) >= 11 is 0. The first-order valence-corrected chi connectivity index (χ1v) is 12.4. The van der Waals surface area contributed by atoms with Crippen molar-refractivity contribution < 1.29 is 24.1 Å². The van der Waals surface area contributed by atoms with E-state index in [1.54, 1.807) is 29.1 Å². The van der Waals surface area contributed by atoms with Gasteiger partial charge in [0, 0.05) is 31.0 Å². The van der Waals surface area contributed by atoms with Gasteiger partial charge in [-0.1, -0.05) is 6.07 Å². The highest BCUT2D eigenvalue weighted by Gasteiger charge is 2.22. The van der Waals surface area contributed by atoms with Crippen LogP contribution in [0.4, 0.5) is 0 Å². The summed E-state index contributed by atoms with van der Waals surface area (Å²) < 4.78 is 21.7. The van der Waals surface area contributed by atoms with Crippen molar-refractivity contribution in [3.63, 3.8) is 0 Å². The molecule has 1 saturated heterocycles. The van der Waals surface area contributed by atoms with Gasteiger partial charge in [0.05, 0.1) is 53.6 Å². The molecule has 0 radical (unpaired) electrons. The third-order valence-electron chi connectivity index (χ3n) is 6.68. The van der Waals surface area contributed by atoms with E-state index < -0.39 is 5.97 Å².